The molecule has 0 bridgehead atoms. The lowest BCUT2D eigenvalue weighted by Gasteiger charge is -2.10. The molecule has 2 heterocycles. The molecule has 0 radical (unpaired) electrons. The standard InChI is InChI=1S/C15H14Cl2N4O2/c1-15(2,3)14-19-11(23-20-14)6-21-7-18-12-9(13(21)22)4-8(16)5-10(12)17/h4-5,7H,6H2,1-3H3. The van der Waals surface area contributed by atoms with Crippen LogP contribution in [0.3, 0.4) is 0 Å². The minimum absolute atomic E-state index is 0.134. The third-order valence-corrected chi connectivity index (χ3v) is 3.80. The quantitative estimate of drug-likeness (QED) is 0.706. The first-order valence-electron chi connectivity index (χ1n) is 6.93. The molecule has 0 unspecified atom stereocenters. The van der Waals surface area contributed by atoms with Gasteiger partial charge in [0.25, 0.3) is 5.56 Å². The Balaban J connectivity index is 2.03. The van der Waals surface area contributed by atoms with Gasteiger partial charge in [-0.15, -0.1) is 0 Å². The molecule has 0 fully saturated rings. The summed E-state index contributed by atoms with van der Waals surface area (Å²) in [6.45, 7) is 6.08. The van der Waals surface area contributed by atoms with Crippen LogP contribution in [-0.2, 0) is 12.0 Å². The lowest BCUT2D eigenvalue weighted by Crippen LogP contribution is -2.21. The van der Waals surface area contributed by atoms with E-state index < -0.39 is 0 Å². The fraction of sp³-hybridized carbons (Fsp3) is 0.333. The SMILES string of the molecule is CC(C)(C)c1noc(Cn2cnc3c(Cl)cc(Cl)cc3c2=O)n1. The number of nitrogens with zero attached hydrogens (tertiary/aromatic N) is 4. The molecule has 0 saturated carbocycles. The van der Waals surface area contributed by atoms with Gasteiger partial charge in [0, 0.05) is 10.4 Å². The van der Waals surface area contributed by atoms with Crippen molar-refractivity contribution in [1.29, 1.82) is 0 Å². The molecule has 6 nitrogen and oxygen atoms in total. The van der Waals surface area contributed by atoms with Gasteiger partial charge in [0.1, 0.15) is 6.54 Å². The van der Waals surface area contributed by atoms with Crippen molar-refractivity contribution in [2.75, 3.05) is 0 Å². The van der Waals surface area contributed by atoms with Gasteiger partial charge in [0.15, 0.2) is 5.82 Å². The summed E-state index contributed by atoms with van der Waals surface area (Å²) in [7, 11) is 0. The molecule has 2 aromatic heterocycles. The van der Waals surface area contributed by atoms with E-state index in [0.29, 0.717) is 32.7 Å². The third-order valence-electron chi connectivity index (χ3n) is 3.29. The highest BCUT2D eigenvalue weighted by Gasteiger charge is 2.21. The van der Waals surface area contributed by atoms with Gasteiger partial charge in [-0.05, 0) is 12.1 Å². The van der Waals surface area contributed by atoms with E-state index >= 15 is 0 Å². The second kappa shape index (κ2) is 5.62. The van der Waals surface area contributed by atoms with E-state index in [4.69, 9.17) is 27.7 Å². The van der Waals surface area contributed by atoms with E-state index in [0.717, 1.165) is 0 Å². The van der Waals surface area contributed by atoms with E-state index in [1.54, 1.807) is 12.1 Å². The topological polar surface area (TPSA) is 73.8 Å². The van der Waals surface area contributed by atoms with Gasteiger partial charge in [-0.2, -0.15) is 4.98 Å². The van der Waals surface area contributed by atoms with Crippen LogP contribution in [0.4, 0.5) is 0 Å². The highest BCUT2D eigenvalue weighted by atomic mass is 35.5. The zero-order valence-electron chi connectivity index (χ0n) is 12.8. The van der Waals surface area contributed by atoms with E-state index in [9.17, 15) is 4.79 Å². The first kappa shape index (κ1) is 16.0. The highest BCUT2D eigenvalue weighted by molar-refractivity contribution is 6.38. The molecule has 1 aromatic carbocycles. The minimum Gasteiger partial charge on any atom is -0.337 e. The fourth-order valence-corrected chi connectivity index (χ4v) is 2.62. The zero-order chi connectivity index (χ0) is 16.8. The molecular formula is C15H14Cl2N4O2. The van der Waals surface area contributed by atoms with Crippen LogP contribution in [-0.4, -0.2) is 19.7 Å². The molecule has 0 aliphatic carbocycles. The number of rotatable bonds is 2. The zero-order valence-corrected chi connectivity index (χ0v) is 14.3. The first-order chi connectivity index (χ1) is 10.8. The number of hydrogen-bond donors (Lipinski definition) is 0. The summed E-state index contributed by atoms with van der Waals surface area (Å²) in [5.74, 6) is 0.923. The molecule has 120 valence electrons. The maximum Gasteiger partial charge on any atom is 0.261 e. The predicted molar refractivity (Wildman–Crippen MR) is 88.1 cm³/mol. The van der Waals surface area contributed by atoms with E-state index in [-0.39, 0.29) is 17.5 Å². The molecule has 0 N–H and O–H groups in total. The summed E-state index contributed by atoms with van der Waals surface area (Å²) in [6.07, 6.45) is 1.41. The minimum atomic E-state index is -0.269. The van der Waals surface area contributed by atoms with Gasteiger partial charge in [-0.3, -0.25) is 9.36 Å². The van der Waals surface area contributed by atoms with Crippen LogP contribution in [0.5, 0.6) is 0 Å². The van der Waals surface area contributed by atoms with Crippen LogP contribution in [0.25, 0.3) is 10.9 Å². The number of halogens is 2. The van der Waals surface area contributed by atoms with E-state index in [1.807, 2.05) is 20.8 Å². The Morgan fingerprint density at radius 3 is 2.65 bits per heavy atom. The van der Waals surface area contributed by atoms with Crippen LogP contribution in [0.15, 0.2) is 27.8 Å². The normalized spacial score (nSPS) is 12.0. The summed E-state index contributed by atoms with van der Waals surface area (Å²) >= 11 is 12.0. The van der Waals surface area contributed by atoms with Gasteiger partial charge in [-0.25, -0.2) is 4.98 Å². The van der Waals surface area contributed by atoms with Crippen molar-refractivity contribution < 1.29 is 4.52 Å². The van der Waals surface area contributed by atoms with Gasteiger partial charge in [0.05, 0.1) is 22.3 Å². The Morgan fingerprint density at radius 1 is 1.26 bits per heavy atom. The highest BCUT2D eigenvalue weighted by Crippen LogP contribution is 2.24. The molecule has 0 atom stereocenters. The van der Waals surface area contributed by atoms with E-state index in [1.165, 1.54) is 10.9 Å². The van der Waals surface area contributed by atoms with Crippen molar-refractivity contribution in [2.45, 2.75) is 32.7 Å². The Labute approximate surface area is 142 Å². The molecular weight excluding hydrogens is 339 g/mol. The molecule has 0 spiro atoms. The molecule has 8 heteroatoms. The molecule has 3 aromatic rings. The van der Waals surface area contributed by atoms with Crippen LogP contribution in [0.2, 0.25) is 10.0 Å². The van der Waals surface area contributed by atoms with Gasteiger partial charge >= 0.3 is 0 Å². The summed E-state index contributed by atoms with van der Waals surface area (Å²) in [6, 6.07) is 3.10. The largest absolute Gasteiger partial charge is 0.337 e. The Bertz CT molecular complexity index is 941. The molecule has 0 aliphatic heterocycles. The maximum absolute atomic E-state index is 12.6. The van der Waals surface area contributed by atoms with Crippen molar-refractivity contribution >= 4 is 34.1 Å². The first-order valence-corrected chi connectivity index (χ1v) is 7.68. The molecule has 23 heavy (non-hydrogen) atoms. The monoisotopic (exact) mass is 352 g/mol. The van der Waals surface area contributed by atoms with Gasteiger partial charge in [-0.1, -0.05) is 49.1 Å². The number of hydrogen-bond acceptors (Lipinski definition) is 5. The molecule has 3 rings (SSSR count). The van der Waals surface area contributed by atoms with Crippen molar-refractivity contribution in [3.8, 4) is 0 Å². The fourth-order valence-electron chi connectivity index (χ4n) is 2.08. The number of benzene rings is 1. The average molecular weight is 353 g/mol. The van der Waals surface area contributed by atoms with Crippen LogP contribution in [0, 0.1) is 0 Å². The lowest BCUT2D eigenvalue weighted by molar-refractivity contribution is 0.356. The summed E-state index contributed by atoms with van der Waals surface area (Å²) in [4.78, 5) is 21.1. The molecule has 0 amide bonds. The summed E-state index contributed by atoms with van der Waals surface area (Å²) < 4.78 is 6.59. The predicted octanol–water partition coefficient (Wildman–Crippen LogP) is 3.43. The van der Waals surface area contributed by atoms with Crippen LogP contribution >= 0.6 is 23.2 Å². The Hall–Kier alpha value is -1.92. The van der Waals surface area contributed by atoms with Crippen molar-refractivity contribution in [2.24, 2.45) is 0 Å². The smallest absolute Gasteiger partial charge is 0.261 e. The third kappa shape index (κ3) is 3.09. The van der Waals surface area contributed by atoms with Crippen LogP contribution < -0.4 is 5.56 Å². The number of fused-ring (bicyclic) bond motifs is 1. The van der Waals surface area contributed by atoms with Crippen molar-refractivity contribution in [1.82, 2.24) is 19.7 Å². The Kier molecular flexibility index (Phi) is 3.90. The second-order valence-electron chi connectivity index (χ2n) is 6.22. The number of aromatic nitrogens is 4. The van der Waals surface area contributed by atoms with Gasteiger partial charge in [0.2, 0.25) is 5.89 Å². The molecule has 0 aliphatic rings. The van der Waals surface area contributed by atoms with E-state index in [2.05, 4.69) is 15.1 Å². The Morgan fingerprint density at radius 2 is 2.00 bits per heavy atom. The molecule has 0 saturated heterocycles. The average Bonchev–Trinajstić information content (AvgIpc) is 2.91. The maximum atomic E-state index is 12.6. The lowest BCUT2D eigenvalue weighted by atomic mass is 9.96. The van der Waals surface area contributed by atoms with Crippen molar-refractivity contribution in [3.05, 3.63) is 50.6 Å². The second-order valence-corrected chi connectivity index (χ2v) is 7.07. The summed E-state index contributed by atoms with van der Waals surface area (Å²) in [5.41, 5.74) is -0.0804. The summed E-state index contributed by atoms with van der Waals surface area (Å²) in [5, 5.41) is 5.01. The van der Waals surface area contributed by atoms with Gasteiger partial charge < -0.3 is 4.52 Å². The van der Waals surface area contributed by atoms with Crippen molar-refractivity contribution in [3.63, 3.8) is 0 Å². The van der Waals surface area contributed by atoms with Crippen LogP contribution in [0.1, 0.15) is 32.5 Å².